The smallest absolute Gasteiger partial charge is 0.150 e. The van der Waals surface area contributed by atoms with Gasteiger partial charge in [0.05, 0.1) is 11.2 Å². The van der Waals surface area contributed by atoms with Gasteiger partial charge in [0.1, 0.15) is 11.6 Å². The maximum Gasteiger partial charge on any atom is 0.150 e. The maximum atomic E-state index is 13.8. The van der Waals surface area contributed by atoms with E-state index in [2.05, 4.69) is 26.2 Å². The number of nitrogens with zero attached hydrogens (tertiary/aromatic N) is 1. The predicted octanol–water partition coefficient (Wildman–Crippen LogP) is 4.89. The molecular weight excluding hydrogens is 338 g/mol. The highest BCUT2D eigenvalue weighted by molar-refractivity contribution is 9.10. The zero-order chi connectivity index (χ0) is 14.8. The maximum absolute atomic E-state index is 13.8. The van der Waals surface area contributed by atoms with Gasteiger partial charge in [0.15, 0.2) is 0 Å². The number of benzene rings is 2. The van der Waals surface area contributed by atoms with E-state index in [0.717, 1.165) is 22.5 Å². The van der Waals surface area contributed by atoms with Crippen LogP contribution in [0.5, 0.6) is 0 Å². The average Bonchev–Trinajstić information content (AvgIpc) is 2.46. The van der Waals surface area contributed by atoms with Crippen LogP contribution in [0, 0.1) is 11.6 Å². The van der Waals surface area contributed by atoms with Crippen molar-refractivity contribution in [2.75, 3.05) is 5.32 Å². The Morgan fingerprint density at radius 3 is 2.71 bits per heavy atom. The molecule has 0 radical (unpaired) electrons. The molecule has 106 valence electrons. The minimum Gasteiger partial charge on any atom is -0.378 e. The second-order valence-corrected chi connectivity index (χ2v) is 5.44. The van der Waals surface area contributed by atoms with Crippen molar-refractivity contribution in [1.29, 1.82) is 0 Å². The van der Waals surface area contributed by atoms with Gasteiger partial charge in [0.2, 0.25) is 0 Å². The molecular formula is C16H11BrF2N2. The molecule has 0 unspecified atom stereocenters. The molecule has 0 saturated carbocycles. The minimum absolute atomic E-state index is 0.247. The summed E-state index contributed by atoms with van der Waals surface area (Å²) in [5.74, 6) is -1.24. The van der Waals surface area contributed by atoms with Gasteiger partial charge in [-0.15, -0.1) is 0 Å². The largest absolute Gasteiger partial charge is 0.378 e. The van der Waals surface area contributed by atoms with Gasteiger partial charge in [-0.05, 0) is 39.7 Å². The van der Waals surface area contributed by atoms with Crippen molar-refractivity contribution in [3.05, 3.63) is 70.3 Å². The first-order chi connectivity index (χ1) is 10.1. The van der Waals surface area contributed by atoms with Gasteiger partial charge in [-0.1, -0.05) is 18.2 Å². The van der Waals surface area contributed by atoms with Gasteiger partial charge in [0.25, 0.3) is 0 Å². The third-order valence-electron chi connectivity index (χ3n) is 3.20. The summed E-state index contributed by atoms with van der Waals surface area (Å²) >= 11 is 3.17. The van der Waals surface area contributed by atoms with Crippen LogP contribution in [0.4, 0.5) is 14.5 Å². The van der Waals surface area contributed by atoms with Gasteiger partial charge in [0, 0.05) is 28.7 Å². The first-order valence-corrected chi connectivity index (χ1v) is 7.15. The lowest BCUT2D eigenvalue weighted by molar-refractivity contribution is 0.583. The molecule has 3 rings (SSSR count). The number of hydrogen-bond donors (Lipinski definition) is 1. The molecule has 0 bridgehead atoms. The van der Waals surface area contributed by atoms with Crippen LogP contribution in [0.2, 0.25) is 0 Å². The Morgan fingerprint density at radius 1 is 1.10 bits per heavy atom. The first kappa shape index (κ1) is 13.9. The van der Waals surface area contributed by atoms with E-state index in [1.165, 1.54) is 6.07 Å². The summed E-state index contributed by atoms with van der Waals surface area (Å²) in [6.07, 6.45) is 1.72. The molecule has 1 heterocycles. The lowest BCUT2D eigenvalue weighted by Crippen LogP contribution is -2.03. The highest BCUT2D eigenvalue weighted by atomic mass is 79.9. The molecule has 1 aromatic heterocycles. The molecule has 0 aliphatic heterocycles. The van der Waals surface area contributed by atoms with Crippen molar-refractivity contribution in [2.24, 2.45) is 0 Å². The van der Waals surface area contributed by atoms with E-state index in [0.29, 0.717) is 11.0 Å². The zero-order valence-electron chi connectivity index (χ0n) is 10.9. The van der Waals surface area contributed by atoms with Crippen molar-refractivity contribution in [3.8, 4) is 0 Å². The van der Waals surface area contributed by atoms with Crippen molar-refractivity contribution >= 4 is 32.5 Å². The summed E-state index contributed by atoms with van der Waals surface area (Å²) < 4.78 is 27.2. The van der Waals surface area contributed by atoms with Crippen LogP contribution in [0.3, 0.4) is 0 Å². The van der Waals surface area contributed by atoms with Crippen LogP contribution < -0.4 is 5.32 Å². The van der Waals surface area contributed by atoms with Gasteiger partial charge in [-0.3, -0.25) is 4.98 Å². The molecule has 5 heteroatoms. The number of nitrogens with one attached hydrogen (secondary N) is 1. The normalized spacial score (nSPS) is 10.8. The Balaban J connectivity index is 1.91. The molecule has 21 heavy (non-hydrogen) atoms. The Bertz CT molecular complexity index is 777. The molecule has 0 fully saturated rings. The molecule has 0 aliphatic rings. The van der Waals surface area contributed by atoms with Crippen molar-refractivity contribution in [3.63, 3.8) is 0 Å². The number of para-hydroxylation sites is 1. The average molecular weight is 349 g/mol. The second-order valence-electron chi connectivity index (χ2n) is 4.59. The lowest BCUT2D eigenvalue weighted by atomic mass is 10.1. The van der Waals surface area contributed by atoms with E-state index in [9.17, 15) is 8.78 Å². The highest BCUT2D eigenvalue weighted by Gasteiger charge is 2.10. The third-order valence-corrected chi connectivity index (χ3v) is 3.83. The fourth-order valence-electron chi connectivity index (χ4n) is 2.20. The third kappa shape index (κ3) is 2.88. The van der Waals surface area contributed by atoms with E-state index >= 15 is 0 Å². The number of fused-ring (bicyclic) bond motifs is 1. The van der Waals surface area contributed by atoms with Gasteiger partial charge < -0.3 is 5.32 Å². The molecule has 2 nitrogen and oxygen atoms in total. The Kier molecular flexibility index (Phi) is 3.84. The van der Waals surface area contributed by atoms with Crippen molar-refractivity contribution in [1.82, 2.24) is 4.98 Å². The Labute approximate surface area is 129 Å². The molecule has 1 N–H and O–H groups in total. The summed E-state index contributed by atoms with van der Waals surface area (Å²) in [5, 5.41) is 4.01. The molecule has 3 aromatic rings. The van der Waals surface area contributed by atoms with Crippen LogP contribution in [0.1, 0.15) is 5.56 Å². The Hall–Kier alpha value is -2.01. The Morgan fingerprint density at radius 2 is 1.90 bits per heavy atom. The molecule has 0 spiro atoms. The summed E-state index contributed by atoms with van der Waals surface area (Å²) in [6, 6.07) is 11.7. The number of pyridine rings is 1. The van der Waals surface area contributed by atoms with Gasteiger partial charge in [-0.2, -0.15) is 0 Å². The molecule has 2 aromatic carbocycles. The summed E-state index contributed by atoms with van der Waals surface area (Å²) in [6.45, 7) is 0.421. The van der Waals surface area contributed by atoms with Crippen LogP contribution in [0.25, 0.3) is 10.9 Å². The van der Waals surface area contributed by atoms with Gasteiger partial charge in [-0.25, -0.2) is 8.78 Å². The SMILES string of the molecule is Fc1cc(F)c(NCc2ccnc3ccccc23)c(Br)c1. The summed E-state index contributed by atoms with van der Waals surface area (Å²) in [5.41, 5.74) is 2.13. The van der Waals surface area contributed by atoms with Crippen LogP contribution in [-0.2, 0) is 6.54 Å². The number of anilines is 1. The monoisotopic (exact) mass is 348 g/mol. The number of hydrogen-bond acceptors (Lipinski definition) is 2. The highest BCUT2D eigenvalue weighted by Crippen LogP contribution is 2.28. The van der Waals surface area contributed by atoms with Crippen molar-refractivity contribution < 1.29 is 8.78 Å². The quantitative estimate of drug-likeness (QED) is 0.728. The summed E-state index contributed by atoms with van der Waals surface area (Å²) in [7, 11) is 0. The van der Waals surface area contributed by atoms with E-state index in [1.807, 2.05) is 30.3 Å². The van der Waals surface area contributed by atoms with E-state index in [-0.39, 0.29) is 5.69 Å². The fourth-order valence-corrected chi connectivity index (χ4v) is 2.75. The van der Waals surface area contributed by atoms with Crippen molar-refractivity contribution in [2.45, 2.75) is 6.54 Å². The number of halogens is 3. The van der Waals surface area contributed by atoms with Gasteiger partial charge >= 0.3 is 0 Å². The first-order valence-electron chi connectivity index (χ1n) is 6.36. The lowest BCUT2D eigenvalue weighted by Gasteiger charge is -2.11. The minimum atomic E-state index is -0.625. The molecule has 0 atom stereocenters. The molecule has 0 amide bonds. The van der Waals surface area contributed by atoms with Crippen LogP contribution in [0.15, 0.2) is 53.1 Å². The van der Waals surface area contributed by atoms with E-state index in [1.54, 1.807) is 6.20 Å². The number of rotatable bonds is 3. The summed E-state index contributed by atoms with van der Waals surface area (Å²) in [4.78, 5) is 4.28. The fraction of sp³-hybridized carbons (Fsp3) is 0.0625. The standard InChI is InChI=1S/C16H11BrF2N2/c17-13-7-11(18)8-14(19)16(13)21-9-10-5-6-20-15-4-2-1-3-12(10)15/h1-8,21H,9H2. The zero-order valence-corrected chi connectivity index (χ0v) is 12.5. The van der Waals surface area contributed by atoms with E-state index < -0.39 is 11.6 Å². The van der Waals surface area contributed by atoms with E-state index in [4.69, 9.17) is 0 Å². The predicted molar refractivity (Wildman–Crippen MR) is 83.1 cm³/mol. The molecule has 0 aliphatic carbocycles. The topological polar surface area (TPSA) is 24.9 Å². The number of aromatic nitrogens is 1. The second kappa shape index (κ2) is 5.77. The van der Waals surface area contributed by atoms with Crippen LogP contribution >= 0.6 is 15.9 Å². The van der Waals surface area contributed by atoms with Crippen LogP contribution in [-0.4, -0.2) is 4.98 Å². The molecule has 0 saturated heterocycles.